The Morgan fingerprint density at radius 1 is 1.43 bits per heavy atom. The average Bonchev–Trinajstić information content (AvgIpc) is 2.20. The molecule has 0 atom stereocenters. The SMILES string of the molecule is CCC(=O)COCc1ccccc1Br. The topological polar surface area (TPSA) is 26.3 Å². The van der Waals surface area contributed by atoms with Gasteiger partial charge in [0.25, 0.3) is 0 Å². The van der Waals surface area contributed by atoms with E-state index in [1.807, 2.05) is 31.2 Å². The highest BCUT2D eigenvalue weighted by molar-refractivity contribution is 9.10. The molecule has 1 aromatic rings. The minimum absolute atomic E-state index is 0.136. The summed E-state index contributed by atoms with van der Waals surface area (Å²) in [6, 6.07) is 7.83. The molecule has 0 saturated heterocycles. The van der Waals surface area contributed by atoms with Crippen molar-refractivity contribution in [2.45, 2.75) is 20.0 Å². The summed E-state index contributed by atoms with van der Waals surface area (Å²) in [5.41, 5.74) is 1.07. The van der Waals surface area contributed by atoms with Crippen molar-refractivity contribution in [3.05, 3.63) is 34.3 Å². The summed E-state index contributed by atoms with van der Waals surface area (Å²) in [4.78, 5) is 11.0. The maximum absolute atomic E-state index is 11.0. The van der Waals surface area contributed by atoms with Gasteiger partial charge >= 0.3 is 0 Å². The van der Waals surface area contributed by atoms with Crippen LogP contribution in [0.3, 0.4) is 0 Å². The molecule has 0 radical (unpaired) electrons. The molecular formula is C11H13BrO2. The maximum Gasteiger partial charge on any atom is 0.158 e. The lowest BCUT2D eigenvalue weighted by atomic mass is 10.2. The lowest BCUT2D eigenvalue weighted by Gasteiger charge is -2.04. The Hall–Kier alpha value is -0.670. The lowest BCUT2D eigenvalue weighted by molar-refractivity contribution is -0.123. The second-order valence-electron chi connectivity index (χ2n) is 2.98. The third-order valence-electron chi connectivity index (χ3n) is 1.87. The van der Waals surface area contributed by atoms with Crippen molar-refractivity contribution in [3.8, 4) is 0 Å². The number of carbonyl (C=O) groups excluding carboxylic acids is 1. The summed E-state index contributed by atoms with van der Waals surface area (Å²) in [5, 5.41) is 0. The second kappa shape index (κ2) is 5.94. The molecule has 76 valence electrons. The van der Waals surface area contributed by atoms with Crippen molar-refractivity contribution < 1.29 is 9.53 Å². The third kappa shape index (κ3) is 3.60. The van der Waals surface area contributed by atoms with Crippen LogP contribution >= 0.6 is 15.9 Å². The Morgan fingerprint density at radius 3 is 2.79 bits per heavy atom. The molecule has 14 heavy (non-hydrogen) atoms. The fourth-order valence-corrected chi connectivity index (χ4v) is 1.39. The van der Waals surface area contributed by atoms with Gasteiger partial charge in [-0.3, -0.25) is 4.79 Å². The van der Waals surface area contributed by atoms with Crippen molar-refractivity contribution in [2.75, 3.05) is 6.61 Å². The summed E-state index contributed by atoms with van der Waals surface area (Å²) < 4.78 is 6.29. The van der Waals surface area contributed by atoms with E-state index in [0.29, 0.717) is 13.0 Å². The van der Waals surface area contributed by atoms with E-state index in [4.69, 9.17) is 4.74 Å². The van der Waals surface area contributed by atoms with Crippen molar-refractivity contribution in [3.63, 3.8) is 0 Å². The van der Waals surface area contributed by atoms with Crippen LogP contribution in [0.15, 0.2) is 28.7 Å². The molecule has 0 aromatic heterocycles. The van der Waals surface area contributed by atoms with E-state index in [-0.39, 0.29) is 12.4 Å². The molecule has 2 nitrogen and oxygen atoms in total. The van der Waals surface area contributed by atoms with E-state index in [1.165, 1.54) is 0 Å². The molecule has 0 spiro atoms. The van der Waals surface area contributed by atoms with Crippen molar-refractivity contribution >= 4 is 21.7 Å². The number of halogens is 1. The number of ether oxygens (including phenoxy) is 1. The van der Waals surface area contributed by atoms with Gasteiger partial charge in [-0.15, -0.1) is 0 Å². The van der Waals surface area contributed by atoms with Crippen LogP contribution in [0.1, 0.15) is 18.9 Å². The number of Topliss-reactive ketones (excluding diaryl/α,β-unsaturated/α-hetero) is 1. The zero-order valence-electron chi connectivity index (χ0n) is 8.13. The van der Waals surface area contributed by atoms with Gasteiger partial charge in [0.05, 0.1) is 6.61 Å². The first kappa shape index (κ1) is 11.4. The van der Waals surface area contributed by atoms with Crippen LogP contribution in [0, 0.1) is 0 Å². The van der Waals surface area contributed by atoms with Crippen LogP contribution in [0.25, 0.3) is 0 Å². The number of hydrogen-bond acceptors (Lipinski definition) is 2. The first-order valence-electron chi connectivity index (χ1n) is 4.57. The van der Waals surface area contributed by atoms with Crippen LogP contribution in [-0.2, 0) is 16.1 Å². The fourth-order valence-electron chi connectivity index (χ4n) is 0.992. The van der Waals surface area contributed by atoms with E-state index in [2.05, 4.69) is 15.9 Å². The van der Waals surface area contributed by atoms with Gasteiger partial charge in [-0.2, -0.15) is 0 Å². The molecule has 0 heterocycles. The smallest absolute Gasteiger partial charge is 0.158 e. The normalized spacial score (nSPS) is 10.1. The molecule has 0 aliphatic heterocycles. The van der Waals surface area contributed by atoms with Gasteiger partial charge in [-0.25, -0.2) is 0 Å². The Bertz CT molecular complexity index is 310. The predicted molar refractivity (Wildman–Crippen MR) is 59.1 cm³/mol. The Kier molecular flexibility index (Phi) is 4.84. The monoisotopic (exact) mass is 256 g/mol. The van der Waals surface area contributed by atoms with Gasteiger partial charge in [0, 0.05) is 10.9 Å². The Balaban J connectivity index is 2.39. The van der Waals surface area contributed by atoms with Crippen LogP contribution in [0.2, 0.25) is 0 Å². The van der Waals surface area contributed by atoms with Gasteiger partial charge in [0.2, 0.25) is 0 Å². The van der Waals surface area contributed by atoms with E-state index in [9.17, 15) is 4.79 Å². The minimum atomic E-state index is 0.136. The largest absolute Gasteiger partial charge is 0.369 e. The lowest BCUT2D eigenvalue weighted by Crippen LogP contribution is -2.06. The number of hydrogen-bond donors (Lipinski definition) is 0. The summed E-state index contributed by atoms with van der Waals surface area (Å²) in [5.74, 6) is 0.136. The van der Waals surface area contributed by atoms with E-state index >= 15 is 0 Å². The number of rotatable bonds is 5. The molecule has 0 unspecified atom stereocenters. The average molecular weight is 257 g/mol. The molecule has 0 saturated carbocycles. The number of ketones is 1. The summed E-state index contributed by atoms with van der Waals surface area (Å²) in [6.45, 7) is 2.52. The van der Waals surface area contributed by atoms with Crippen LogP contribution in [-0.4, -0.2) is 12.4 Å². The summed E-state index contributed by atoms with van der Waals surface area (Å²) >= 11 is 3.42. The zero-order valence-corrected chi connectivity index (χ0v) is 9.71. The molecule has 0 N–H and O–H groups in total. The molecule has 0 fully saturated rings. The molecular weight excluding hydrogens is 244 g/mol. The highest BCUT2D eigenvalue weighted by Gasteiger charge is 2.01. The Labute approximate surface area is 92.4 Å². The highest BCUT2D eigenvalue weighted by atomic mass is 79.9. The molecule has 1 aromatic carbocycles. The number of carbonyl (C=O) groups is 1. The van der Waals surface area contributed by atoms with Gasteiger partial charge in [0.1, 0.15) is 6.61 Å². The highest BCUT2D eigenvalue weighted by Crippen LogP contribution is 2.16. The first-order valence-corrected chi connectivity index (χ1v) is 5.36. The first-order chi connectivity index (χ1) is 6.74. The molecule has 3 heteroatoms. The van der Waals surface area contributed by atoms with Crippen LogP contribution in [0.4, 0.5) is 0 Å². The predicted octanol–water partition coefficient (Wildman–Crippen LogP) is 2.94. The minimum Gasteiger partial charge on any atom is -0.369 e. The summed E-state index contributed by atoms with van der Waals surface area (Å²) in [6.07, 6.45) is 0.538. The van der Waals surface area contributed by atoms with Gasteiger partial charge < -0.3 is 4.74 Å². The Morgan fingerprint density at radius 2 is 2.14 bits per heavy atom. The van der Waals surface area contributed by atoms with E-state index in [0.717, 1.165) is 10.0 Å². The molecule has 0 bridgehead atoms. The van der Waals surface area contributed by atoms with E-state index in [1.54, 1.807) is 0 Å². The standard InChI is InChI=1S/C11H13BrO2/c1-2-10(13)8-14-7-9-5-3-4-6-11(9)12/h3-6H,2,7-8H2,1H3. The third-order valence-corrected chi connectivity index (χ3v) is 2.65. The maximum atomic E-state index is 11.0. The molecule has 0 aliphatic carbocycles. The van der Waals surface area contributed by atoms with Crippen molar-refractivity contribution in [1.29, 1.82) is 0 Å². The zero-order chi connectivity index (χ0) is 10.4. The van der Waals surface area contributed by atoms with Gasteiger partial charge in [0.15, 0.2) is 5.78 Å². The second-order valence-corrected chi connectivity index (χ2v) is 3.83. The van der Waals surface area contributed by atoms with Gasteiger partial charge in [-0.1, -0.05) is 41.1 Å². The quantitative estimate of drug-likeness (QED) is 0.810. The van der Waals surface area contributed by atoms with Gasteiger partial charge in [-0.05, 0) is 11.6 Å². The fraction of sp³-hybridized carbons (Fsp3) is 0.364. The molecule has 1 rings (SSSR count). The van der Waals surface area contributed by atoms with E-state index < -0.39 is 0 Å². The van der Waals surface area contributed by atoms with Crippen LogP contribution < -0.4 is 0 Å². The van der Waals surface area contributed by atoms with Crippen molar-refractivity contribution in [2.24, 2.45) is 0 Å². The number of benzene rings is 1. The molecule has 0 amide bonds. The van der Waals surface area contributed by atoms with Crippen molar-refractivity contribution in [1.82, 2.24) is 0 Å². The summed E-state index contributed by atoms with van der Waals surface area (Å²) in [7, 11) is 0. The molecule has 0 aliphatic rings. The van der Waals surface area contributed by atoms with Crippen LogP contribution in [0.5, 0.6) is 0 Å².